The lowest BCUT2D eigenvalue weighted by Gasteiger charge is -2.21. The highest BCUT2D eigenvalue weighted by molar-refractivity contribution is 14.0. The zero-order valence-corrected chi connectivity index (χ0v) is 18.9. The summed E-state index contributed by atoms with van der Waals surface area (Å²) in [6, 6.07) is 10.2. The zero-order valence-electron chi connectivity index (χ0n) is 16.6. The number of nitrogens with zero attached hydrogens (tertiary/aromatic N) is 3. The van der Waals surface area contributed by atoms with Crippen LogP contribution in [0.4, 0.5) is 0 Å². The minimum Gasteiger partial charge on any atom is -0.377 e. The maximum absolute atomic E-state index is 5.68. The van der Waals surface area contributed by atoms with Gasteiger partial charge in [-0.25, -0.2) is 4.98 Å². The lowest BCUT2D eigenvalue weighted by Crippen LogP contribution is -2.40. The molecule has 2 aromatic rings. The lowest BCUT2D eigenvalue weighted by atomic mass is 10.2. The summed E-state index contributed by atoms with van der Waals surface area (Å²) in [6.45, 7) is 3.51. The van der Waals surface area contributed by atoms with Crippen LogP contribution >= 0.6 is 24.0 Å². The summed E-state index contributed by atoms with van der Waals surface area (Å²) in [5.74, 6) is 1.71. The highest BCUT2D eigenvalue weighted by atomic mass is 127. The van der Waals surface area contributed by atoms with Crippen LogP contribution in [0.15, 0.2) is 41.5 Å². The Morgan fingerprint density at radius 1 is 1.39 bits per heavy atom. The number of rotatable bonds is 8. The molecule has 0 aliphatic carbocycles. The van der Waals surface area contributed by atoms with Crippen LogP contribution in [0.25, 0.3) is 11.3 Å². The van der Waals surface area contributed by atoms with E-state index in [0.29, 0.717) is 26.3 Å². The van der Waals surface area contributed by atoms with E-state index >= 15 is 0 Å². The van der Waals surface area contributed by atoms with Crippen molar-refractivity contribution in [2.75, 3.05) is 40.5 Å². The summed E-state index contributed by atoms with van der Waals surface area (Å²) in [6.07, 6.45) is 4.38. The summed E-state index contributed by atoms with van der Waals surface area (Å²) in [5.41, 5.74) is 2.15. The van der Waals surface area contributed by atoms with E-state index in [2.05, 4.69) is 32.4 Å². The Hall–Kier alpha value is -1.65. The highest BCUT2D eigenvalue weighted by Crippen LogP contribution is 2.16. The maximum atomic E-state index is 5.68. The van der Waals surface area contributed by atoms with Gasteiger partial charge in [0.1, 0.15) is 5.82 Å². The van der Waals surface area contributed by atoms with E-state index in [0.717, 1.165) is 42.5 Å². The quantitative estimate of drug-likeness (QED) is 0.253. The average Bonchev–Trinajstić information content (AvgIpc) is 3.37. The van der Waals surface area contributed by atoms with Gasteiger partial charge in [-0.1, -0.05) is 30.3 Å². The van der Waals surface area contributed by atoms with Crippen molar-refractivity contribution >= 4 is 29.9 Å². The van der Waals surface area contributed by atoms with E-state index < -0.39 is 0 Å². The Balaban J connectivity index is 0.00000280. The van der Waals surface area contributed by atoms with Crippen LogP contribution in [-0.2, 0) is 16.0 Å². The fourth-order valence-corrected chi connectivity index (χ4v) is 3.12. The van der Waals surface area contributed by atoms with E-state index in [1.807, 2.05) is 36.3 Å². The Labute approximate surface area is 184 Å². The van der Waals surface area contributed by atoms with Crippen molar-refractivity contribution in [3.05, 3.63) is 42.4 Å². The molecule has 154 valence electrons. The molecule has 1 unspecified atom stereocenters. The topological polar surface area (TPSA) is 74.8 Å². The molecule has 1 aliphatic heterocycles. The summed E-state index contributed by atoms with van der Waals surface area (Å²) in [4.78, 5) is 14.2. The Bertz CT molecular complexity index is 716. The number of H-pyrrole nitrogens is 1. The van der Waals surface area contributed by atoms with Gasteiger partial charge in [0.25, 0.3) is 0 Å². The van der Waals surface area contributed by atoms with Crippen LogP contribution in [0.3, 0.4) is 0 Å². The molecule has 7 nitrogen and oxygen atoms in total. The van der Waals surface area contributed by atoms with Crippen LogP contribution < -0.4 is 5.32 Å². The van der Waals surface area contributed by atoms with Crippen molar-refractivity contribution in [2.24, 2.45) is 4.99 Å². The van der Waals surface area contributed by atoms with Gasteiger partial charge < -0.3 is 24.7 Å². The Kier molecular flexibility index (Phi) is 9.72. The molecule has 2 N–H and O–H groups in total. The van der Waals surface area contributed by atoms with Gasteiger partial charge in [0.2, 0.25) is 0 Å². The van der Waals surface area contributed by atoms with Gasteiger partial charge in [-0.05, 0) is 18.4 Å². The second-order valence-corrected chi connectivity index (χ2v) is 6.65. The molecule has 1 atom stereocenters. The van der Waals surface area contributed by atoms with Crippen LogP contribution in [0.5, 0.6) is 0 Å². The van der Waals surface area contributed by atoms with E-state index in [-0.39, 0.29) is 30.1 Å². The highest BCUT2D eigenvalue weighted by Gasteiger charge is 2.15. The number of benzene rings is 1. The molecule has 0 amide bonds. The number of aromatic nitrogens is 2. The zero-order chi connectivity index (χ0) is 18.9. The molecule has 0 spiro atoms. The van der Waals surface area contributed by atoms with Crippen LogP contribution in [-0.4, -0.2) is 67.4 Å². The van der Waals surface area contributed by atoms with Crippen molar-refractivity contribution < 1.29 is 9.47 Å². The number of nitrogens with one attached hydrogen (secondary N) is 2. The molecule has 1 aromatic carbocycles. The van der Waals surface area contributed by atoms with Gasteiger partial charge in [0, 0.05) is 27.2 Å². The van der Waals surface area contributed by atoms with E-state index in [4.69, 9.17) is 9.47 Å². The lowest BCUT2D eigenvalue weighted by molar-refractivity contribution is 0.0190. The normalized spacial score (nSPS) is 16.6. The van der Waals surface area contributed by atoms with Crippen molar-refractivity contribution in [2.45, 2.75) is 25.5 Å². The number of aliphatic imine (C=N–C) groups is 1. The third-order valence-electron chi connectivity index (χ3n) is 4.53. The monoisotopic (exact) mass is 499 g/mol. The van der Waals surface area contributed by atoms with Crippen LogP contribution in [0.1, 0.15) is 18.7 Å². The molecule has 1 aliphatic rings. The molecule has 2 heterocycles. The third kappa shape index (κ3) is 6.75. The van der Waals surface area contributed by atoms with Crippen molar-refractivity contribution in [1.82, 2.24) is 20.2 Å². The number of ether oxygens (including phenoxy) is 2. The predicted octanol–water partition coefficient (Wildman–Crippen LogP) is 2.90. The van der Waals surface area contributed by atoms with Crippen molar-refractivity contribution in [1.29, 1.82) is 0 Å². The first-order valence-corrected chi connectivity index (χ1v) is 9.46. The molecular weight excluding hydrogens is 469 g/mol. The van der Waals surface area contributed by atoms with Crippen molar-refractivity contribution in [3.63, 3.8) is 0 Å². The summed E-state index contributed by atoms with van der Waals surface area (Å²) in [7, 11) is 3.77. The first-order chi connectivity index (χ1) is 13.3. The van der Waals surface area contributed by atoms with Crippen molar-refractivity contribution in [3.8, 4) is 11.3 Å². The first-order valence-electron chi connectivity index (χ1n) is 9.46. The van der Waals surface area contributed by atoms with Gasteiger partial charge in [-0.2, -0.15) is 0 Å². The minimum atomic E-state index is 0. The average molecular weight is 499 g/mol. The molecule has 0 radical (unpaired) electrons. The fourth-order valence-electron chi connectivity index (χ4n) is 3.12. The number of hydrogen-bond donors (Lipinski definition) is 2. The summed E-state index contributed by atoms with van der Waals surface area (Å²) >= 11 is 0. The molecule has 0 bridgehead atoms. The second kappa shape index (κ2) is 12.0. The maximum Gasteiger partial charge on any atom is 0.193 e. The number of aromatic amines is 1. The second-order valence-electron chi connectivity index (χ2n) is 6.65. The Morgan fingerprint density at radius 3 is 2.93 bits per heavy atom. The van der Waals surface area contributed by atoms with E-state index in [9.17, 15) is 0 Å². The molecule has 28 heavy (non-hydrogen) atoms. The van der Waals surface area contributed by atoms with Crippen LogP contribution in [0, 0.1) is 0 Å². The first kappa shape index (κ1) is 22.6. The minimum absolute atomic E-state index is 0. The third-order valence-corrected chi connectivity index (χ3v) is 4.53. The molecule has 1 aromatic heterocycles. The molecule has 1 fully saturated rings. The van der Waals surface area contributed by atoms with E-state index in [1.165, 1.54) is 0 Å². The SMILES string of the molecule is CN=C(NCCOCC1CCCO1)N(C)Cc1ncc(-c2ccccc2)[nH]1.I. The smallest absolute Gasteiger partial charge is 0.193 e. The van der Waals surface area contributed by atoms with Gasteiger partial charge in [-0.3, -0.25) is 4.99 Å². The summed E-state index contributed by atoms with van der Waals surface area (Å²) < 4.78 is 11.2. The Morgan fingerprint density at radius 2 is 2.21 bits per heavy atom. The standard InChI is InChI=1S/C20H29N5O2.HI/c1-21-20(22-10-12-26-15-17-9-6-11-27-17)25(2)14-19-23-13-18(24-19)16-7-4-3-5-8-16;/h3-5,7-8,13,17H,6,9-12,14-15H2,1-2H3,(H,21,22)(H,23,24);1H. The summed E-state index contributed by atoms with van der Waals surface area (Å²) in [5, 5.41) is 3.32. The number of hydrogen-bond acceptors (Lipinski definition) is 4. The largest absolute Gasteiger partial charge is 0.377 e. The van der Waals surface area contributed by atoms with Gasteiger partial charge in [-0.15, -0.1) is 24.0 Å². The van der Waals surface area contributed by atoms with Gasteiger partial charge in [0.05, 0.1) is 37.8 Å². The molecule has 8 heteroatoms. The molecule has 0 saturated carbocycles. The molecule has 3 rings (SSSR count). The fraction of sp³-hybridized carbons (Fsp3) is 0.500. The van der Waals surface area contributed by atoms with Gasteiger partial charge >= 0.3 is 0 Å². The van der Waals surface area contributed by atoms with E-state index in [1.54, 1.807) is 7.05 Å². The molecular formula is C20H30IN5O2. The van der Waals surface area contributed by atoms with Gasteiger partial charge in [0.15, 0.2) is 5.96 Å². The number of halogens is 1. The number of imidazole rings is 1. The van der Waals surface area contributed by atoms with Crippen LogP contribution in [0.2, 0.25) is 0 Å². The number of guanidine groups is 1. The predicted molar refractivity (Wildman–Crippen MR) is 122 cm³/mol. The molecule has 1 saturated heterocycles.